The number of allylic oxidation sites excluding steroid dienone is 1. The molecule has 0 bridgehead atoms. The quantitative estimate of drug-likeness (QED) is 0.0247. The molecular formula is C90H172O31. The zero-order valence-electron chi connectivity index (χ0n) is 74.8. The third kappa shape index (κ3) is 71.8. The maximum Gasteiger partial charge on any atom is 0.311 e. The van der Waals surface area contributed by atoms with Gasteiger partial charge in [0, 0.05) is 12.0 Å². The summed E-state index contributed by atoms with van der Waals surface area (Å²) in [5, 5.41) is 20.2. The first-order chi connectivity index (χ1) is 58.0. The summed E-state index contributed by atoms with van der Waals surface area (Å²) in [5.74, 6) is -6.29. The SMILES string of the molecule is C.C.C=C(OCCOCCOCCOCCOCCOCCOCCOCCOCCOCCOCCOCCOCCOCCOCCOCCOCCOCCOCCOCCOCCCCCCCCCCCCCCCCCC)C(C)(C)CC(CC(C)(CC(C)(CC)C(=O)OCCOC(=O)C1CCCCC1C(=O)O)C(=O)O)C(=O)OCC. The highest BCUT2D eigenvalue weighted by Crippen LogP contribution is 2.45. The highest BCUT2D eigenvalue weighted by atomic mass is 16.6. The Kier molecular flexibility index (Phi) is 85.5. The average molecular weight is 1750 g/mol. The summed E-state index contributed by atoms with van der Waals surface area (Å²) in [6.45, 7) is 35.1. The molecule has 31 nitrogen and oxygen atoms in total. The average Bonchev–Trinajstić information content (AvgIpc) is 0.794. The Bertz CT molecular complexity index is 2330. The Labute approximate surface area is 729 Å². The van der Waals surface area contributed by atoms with E-state index in [4.69, 9.17) is 114 Å². The van der Waals surface area contributed by atoms with Crippen LogP contribution in [0.5, 0.6) is 0 Å². The first kappa shape index (κ1) is 119. The smallest absolute Gasteiger partial charge is 0.311 e. The molecule has 1 aliphatic rings. The molecule has 1 aliphatic carbocycles. The van der Waals surface area contributed by atoms with Crippen molar-refractivity contribution >= 4 is 29.8 Å². The summed E-state index contributed by atoms with van der Waals surface area (Å²) in [6, 6.07) is 0. The van der Waals surface area contributed by atoms with Gasteiger partial charge in [0.2, 0.25) is 0 Å². The van der Waals surface area contributed by atoms with E-state index >= 15 is 0 Å². The minimum Gasteiger partial charge on any atom is -0.496 e. The molecule has 0 saturated heterocycles. The van der Waals surface area contributed by atoms with Crippen molar-refractivity contribution in [1.29, 1.82) is 0 Å². The van der Waals surface area contributed by atoms with Gasteiger partial charge in [-0.2, -0.15) is 0 Å². The molecule has 0 aromatic heterocycles. The van der Waals surface area contributed by atoms with Gasteiger partial charge >= 0.3 is 29.8 Å². The Morgan fingerprint density at radius 3 is 0.843 bits per heavy atom. The van der Waals surface area contributed by atoms with Gasteiger partial charge in [0.25, 0.3) is 0 Å². The third-order valence-electron chi connectivity index (χ3n) is 20.1. The molecule has 0 heterocycles. The number of carboxylic acid groups (broad SMARTS) is 2. The van der Waals surface area contributed by atoms with Crippen LogP contribution >= 0.6 is 0 Å². The van der Waals surface area contributed by atoms with Gasteiger partial charge in [-0.25, -0.2) is 0 Å². The molecule has 718 valence electrons. The Hall–Kier alpha value is -3.91. The lowest BCUT2D eigenvalue weighted by atomic mass is 9.66. The second-order valence-corrected chi connectivity index (χ2v) is 30.7. The number of carboxylic acids is 2. The Balaban J connectivity index is 0. The lowest BCUT2D eigenvalue weighted by molar-refractivity contribution is -0.168. The number of hydrogen-bond donors (Lipinski definition) is 2. The molecule has 121 heavy (non-hydrogen) atoms. The number of aliphatic carboxylic acids is 2. The highest BCUT2D eigenvalue weighted by Gasteiger charge is 2.48. The fourth-order valence-corrected chi connectivity index (χ4v) is 12.9. The largest absolute Gasteiger partial charge is 0.496 e. The molecule has 0 spiro atoms. The normalized spacial score (nSPS) is 14.8. The van der Waals surface area contributed by atoms with Gasteiger partial charge in [-0.15, -0.1) is 0 Å². The Morgan fingerprint density at radius 1 is 0.314 bits per heavy atom. The second-order valence-electron chi connectivity index (χ2n) is 30.7. The van der Waals surface area contributed by atoms with E-state index in [1.54, 1.807) is 20.8 Å². The van der Waals surface area contributed by atoms with E-state index in [0.717, 1.165) is 25.9 Å². The summed E-state index contributed by atoms with van der Waals surface area (Å²) < 4.78 is 134. The van der Waals surface area contributed by atoms with Crippen molar-refractivity contribution < 1.29 is 148 Å². The van der Waals surface area contributed by atoms with Crippen LogP contribution in [0.4, 0.5) is 0 Å². The van der Waals surface area contributed by atoms with Crippen LogP contribution in [0.2, 0.25) is 0 Å². The van der Waals surface area contributed by atoms with E-state index in [0.29, 0.717) is 270 Å². The molecular weight excluding hydrogens is 1580 g/mol. The van der Waals surface area contributed by atoms with Crippen LogP contribution < -0.4 is 0 Å². The van der Waals surface area contributed by atoms with Crippen molar-refractivity contribution in [3.05, 3.63) is 12.3 Å². The lowest BCUT2D eigenvalue weighted by Crippen LogP contribution is -2.42. The van der Waals surface area contributed by atoms with Crippen molar-refractivity contribution in [3.8, 4) is 0 Å². The first-order valence-electron chi connectivity index (χ1n) is 44.8. The second kappa shape index (κ2) is 86.8. The third-order valence-corrected chi connectivity index (χ3v) is 20.1. The van der Waals surface area contributed by atoms with Gasteiger partial charge in [-0.1, -0.05) is 158 Å². The van der Waals surface area contributed by atoms with Crippen molar-refractivity contribution in [3.63, 3.8) is 0 Å². The summed E-state index contributed by atoms with van der Waals surface area (Å²) >= 11 is 0. The van der Waals surface area contributed by atoms with E-state index in [-0.39, 0.29) is 73.6 Å². The standard InChI is InChI=1S/C88H164O31.2CH4/c1-9-12-13-14-15-16-17-18-19-20-21-22-23-24-25-28-31-96-32-33-97-34-35-98-36-37-99-38-39-100-40-41-101-42-43-102-44-45-103-46-47-104-48-49-105-50-51-106-52-53-107-54-55-108-56-57-109-58-59-110-60-61-111-62-63-112-64-65-113-66-67-114-68-69-115-70-71-117-77(4)86(5,6)74-78(82(91)116-11-3)75-88(8,84(93)94)76-87(7,10-2)85(95)119-73-72-118-83(92)80-30-27-26-29-79(80)81(89)90;;/h78-80H,4,9-76H2,1-3,5-8H3,(H,89,90)(H,93,94);2*1H4. The molecule has 1 saturated carbocycles. The minimum absolute atomic E-state index is 0. The molecule has 31 heteroatoms. The molecule has 5 unspecified atom stereocenters. The molecule has 5 atom stereocenters. The summed E-state index contributed by atoms with van der Waals surface area (Å²) in [6.07, 6.45) is 24.3. The van der Waals surface area contributed by atoms with Gasteiger partial charge < -0.3 is 124 Å². The fraction of sp³-hybridized carbons (Fsp3) is 0.922. The zero-order valence-corrected chi connectivity index (χ0v) is 74.8. The number of carbonyl (C=O) groups excluding carboxylic acids is 3. The van der Waals surface area contributed by atoms with Gasteiger partial charge in [0.15, 0.2) is 0 Å². The van der Waals surface area contributed by atoms with Gasteiger partial charge in [0.1, 0.15) is 19.8 Å². The number of rotatable bonds is 95. The topological polar surface area (TPSA) is 347 Å². The monoisotopic (exact) mass is 1750 g/mol. The summed E-state index contributed by atoms with van der Waals surface area (Å²) in [7, 11) is 0. The number of carbonyl (C=O) groups is 5. The molecule has 2 N–H and O–H groups in total. The molecule has 0 aromatic rings. The van der Waals surface area contributed by atoms with Crippen LogP contribution in [0.3, 0.4) is 0 Å². The van der Waals surface area contributed by atoms with Crippen molar-refractivity contribution in [2.75, 3.05) is 291 Å². The molecule has 0 aromatic carbocycles. The van der Waals surface area contributed by atoms with Crippen LogP contribution in [0.1, 0.15) is 217 Å². The van der Waals surface area contributed by atoms with Gasteiger partial charge in [-0.3, -0.25) is 24.0 Å². The van der Waals surface area contributed by atoms with Crippen LogP contribution in [0.25, 0.3) is 0 Å². The van der Waals surface area contributed by atoms with E-state index in [1.807, 2.05) is 13.8 Å². The molecule has 1 fully saturated rings. The maximum absolute atomic E-state index is 13.5. The first-order valence-corrected chi connectivity index (χ1v) is 44.8. The molecule has 1 rings (SSSR count). The zero-order chi connectivity index (χ0) is 86.7. The highest BCUT2D eigenvalue weighted by molar-refractivity contribution is 5.82. The predicted molar refractivity (Wildman–Crippen MR) is 461 cm³/mol. The maximum atomic E-state index is 13.5. The molecule has 0 amide bonds. The fourth-order valence-electron chi connectivity index (χ4n) is 12.9. The Morgan fingerprint density at radius 2 is 0.570 bits per heavy atom. The number of unbranched alkanes of at least 4 members (excludes halogenated alkanes) is 15. The summed E-state index contributed by atoms with van der Waals surface area (Å²) in [4.78, 5) is 64.5. The van der Waals surface area contributed by atoms with Crippen molar-refractivity contribution in [1.82, 2.24) is 0 Å². The van der Waals surface area contributed by atoms with Crippen LogP contribution in [-0.4, -0.2) is 331 Å². The number of esters is 3. The predicted octanol–water partition coefficient (Wildman–Crippen LogP) is 13.2. The van der Waals surface area contributed by atoms with E-state index in [2.05, 4.69) is 13.5 Å². The minimum atomic E-state index is -1.58. The lowest BCUT2D eigenvalue weighted by Gasteiger charge is -2.38. The number of hydrogen-bond acceptors (Lipinski definition) is 29. The summed E-state index contributed by atoms with van der Waals surface area (Å²) in [5.41, 5.74) is -3.68. The van der Waals surface area contributed by atoms with Crippen LogP contribution in [0.15, 0.2) is 12.3 Å². The van der Waals surface area contributed by atoms with Gasteiger partial charge in [-0.05, 0) is 65.7 Å². The van der Waals surface area contributed by atoms with E-state index in [1.165, 1.54) is 103 Å². The van der Waals surface area contributed by atoms with Crippen molar-refractivity contribution in [2.24, 2.45) is 34.0 Å². The molecule has 0 aliphatic heterocycles. The van der Waals surface area contributed by atoms with Crippen LogP contribution in [0, 0.1) is 34.0 Å². The van der Waals surface area contributed by atoms with E-state index < -0.39 is 63.8 Å². The van der Waals surface area contributed by atoms with Crippen molar-refractivity contribution in [2.45, 2.75) is 217 Å². The molecule has 0 radical (unpaired) electrons. The van der Waals surface area contributed by atoms with Crippen LogP contribution in [-0.2, 0) is 138 Å². The van der Waals surface area contributed by atoms with Gasteiger partial charge in [0.05, 0.1) is 299 Å². The number of ether oxygens (including phenoxy) is 24. The van der Waals surface area contributed by atoms with E-state index in [9.17, 15) is 34.2 Å².